The number of nitrogens with two attached hydrogens (primary N) is 2. The molecule has 31 heavy (non-hydrogen) atoms. The van der Waals surface area contributed by atoms with E-state index in [1.807, 2.05) is 19.9 Å². The zero-order valence-electron chi connectivity index (χ0n) is 18.6. The second-order valence-corrected chi connectivity index (χ2v) is 9.50. The maximum Gasteiger partial charge on any atom is 0.132 e. The van der Waals surface area contributed by atoms with Crippen LogP contribution in [0.1, 0.15) is 50.2 Å². The van der Waals surface area contributed by atoms with Gasteiger partial charge in [-0.05, 0) is 42.9 Å². The molecule has 0 spiro atoms. The molecule has 8 heteroatoms. The van der Waals surface area contributed by atoms with E-state index in [4.69, 9.17) is 21.2 Å². The predicted octanol–water partition coefficient (Wildman–Crippen LogP) is 5.60. The van der Waals surface area contributed by atoms with Gasteiger partial charge in [-0.2, -0.15) is 0 Å². The molecule has 1 aliphatic rings. The molecule has 3 heterocycles. The molecule has 0 amide bonds. The molecule has 3 aromatic rings. The fourth-order valence-electron chi connectivity index (χ4n) is 3.34. The highest BCUT2D eigenvalue weighted by Crippen LogP contribution is 2.49. The first-order valence-corrected chi connectivity index (χ1v) is 12.4. The zero-order chi connectivity index (χ0) is 22.4. The molecule has 3 aromatic heterocycles. The molecule has 1 saturated carbocycles. The summed E-state index contributed by atoms with van der Waals surface area (Å²) in [6.07, 6.45) is 6.92. The SMILES string of the molecule is CC.CN=Cc1cc(-c2cc(C3CC3)c3c(N)c(SCCCOC)sc3n2)cnc1N. The van der Waals surface area contributed by atoms with E-state index in [-0.39, 0.29) is 0 Å². The van der Waals surface area contributed by atoms with Crippen LogP contribution in [0.5, 0.6) is 0 Å². The Morgan fingerprint density at radius 2 is 2.06 bits per heavy atom. The number of nitrogen functional groups attached to an aromatic ring is 2. The van der Waals surface area contributed by atoms with Crippen molar-refractivity contribution in [1.82, 2.24) is 9.97 Å². The zero-order valence-corrected chi connectivity index (χ0v) is 20.3. The average Bonchev–Trinajstić information content (AvgIpc) is 3.58. The van der Waals surface area contributed by atoms with E-state index in [9.17, 15) is 0 Å². The third kappa shape index (κ3) is 5.37. The van der Waals surface area contributed by atoms with Crippen molar-refractivity contribution in [1.29, 1.82) is 0 Å². The van der Waals surface area contributed by atoms with E-state index < -0.39 is 0 Å². The van der Waals surface area contributed by atoms with Crippen LogP contribution in [0.3, 0.4) is 0 Å². The summed E-state index contributed by atoms with van der Waals surface area (Å²) in [5, 5.41) is 1.13. The molecule has 0 aliphatic heterocycles. The molecule has 1 aliphatic carbocycles. The maximum atomic E-state index is 6.56. The van der Waals surface area contributed by atoms with Crippen LogP contribution in [0.25, 0.3) is 21.5 Å². The van der Waals surface area contributed by atoms with Crippen LogP contribution in [0.4, 0.5) is 11.5 Å². The van der Waals surface area contributed by atoms with Crippen molar-refractivity contribution in [3.63, 3.8) is 0 Å². The van der Waals surface area contributed by atoms with Gasteiger partial charge in [-0.3, -0.25) is 4.99 Å². The Bertz CT molecular complexity index is 1060. The van der Waals surface area contributed by atoms with Gasteiger partial charge < -0.3 is 16.2 Å². The molecule has 0 atom stereocenters. The van der Waals surface area contributed by atoms with E-state index in [2.05, 4.69) is 16.0 Å². The second kappa shape index (κ2) is 10.9. The number of hydrogen-bond acceptors (Lipinski definition) is 8. The van der Waals surface area contributed by atoms with Crippen molar-refractivity contribution in [2.24, 2.45) is 4.99 Å². The lowest BCUT2D eigenvalue weighted by molar-refractivity contribution is 0.200. The van der Waals surface area contributed by atoms with Crippen molar-refractivity contribution in [2.45, 2.75) is 43.2 Å². The molecule has 166 valence electrons. The minimum absolute atomic E-state index is 0.470. The van der Waals surface area contributed by atoms with Crippen molar-refractivity contribution >= 4 is 51.0 Å². The summed E-state index contributed by atoms with van der Waals surface area (Å²) in [5.41, 5.74) is 17.4. The van der Waals surface area contributed by atoms with E-state index in [0.717, 1.165) is 55.7 Å². The fourth-order valence-corrected chi connectivity index (χ4v) is 5.63. The summed E-state index contributed by atoms with van der Waals surface area (Å²) < 4.78 is 6.30. The quantitative estimate of drug-likeness (QED) is 0.259. The normalized spacial score (nSPS) is 13.5. The van der Waals surface area contributed by atoms with Crippen LogP contribution in [0.2, 0.25) is 0 Å². The van der Waals surface area contributed by atoms with Crippen LogP contribution in [0.15, 0.2) is 27.5 Å². The van der Waals surface area contributed by atoms with E-state index >= 15 is 0 Å². The van der Waals surface area contributed by atoms with Gasteiger partial charge >= 0.3 is 0 Å². The highest BCUT2D eigenvalue weighted by Gasteiger charge is 2.29. The Morgan fingerprint density at radius 3 is 2.74 bits per heavy atom. The highest BCUT2D eigenvalue weighted by atomic mass is 32.2. The molecule has 4 rings (SSSR count). The number of anilines is 2. The van der Waals surface area contributed by atoms with Crippen molar-refractivity contribution in [3.05, 3.63) is 29.5 Å². The summed E-state index contributed by atoms with van der Waals surface area (Å²) in [4.78, 5) is 14.4. The van der Waals surface area contributed by atoms with E-state index in [0.29, 0.717) is 11.7 Å². The van der Waals surface area contributed by atoms with Crippen LogP contribution in [-0.4, -0.2) is 42.7 Å². The molecule has 6 nitrogen and oxygen atoms in total. The number of thiophene rings is 1. The number of aromatic nitrogens is 2. The summed E-state index contributed by atoms with van der Waals surface area (Å²) in [6, 6.07) is 4.18. The summed E-state index contributed by atoms with van der Waals surface area (Å²) >= 11 is 3.48. The Hall–Kier alpha value is -2.16. The lowest BCUT2D eigenvalue weighted by Crippen LogP contribution is -1.99. The standard InChI is InChI=1S/C21H25N5OS2.C2H6/c1-24-10-14-8-13(11-25-19(14)23)16-9-15(12-4-5-12)17-18(22)21(29-20(17)26-16)28-7-3-6-27-2;1-2/h8-12H,3-7,22H2,1-2H3,(H2,23,25);1-2H3. The lowest BCUT2D eigenvalue weighted by atomic mass is 10.0. The largest absolute Gasteiger partial charge is 0.397 e. The fraction of sp³-hybridized carbons (Fsp3) is 0.435. The van der Waals surface area contributed by atoms with Gasteiger partial charge in [0, 0.05) is 55.4 Å². The Kier molecular flexibility index (Phi) is 8.28. The topological polar surface area (TPSA) is 99.4 Å². The Labute approximate surface area is 192 Å². The number of pyridine rings is 2. The molecule has 0 saturated heterocycles. The summed E-state index contributed by atoms with van der Waals surface area (Å²) in [5.74, 6) is 2.02. The Morgan fingerprint density at radius 1 is 1.29 bits per heavy atom. The van der Waals surface area contributed by atoms with Crippen LogP contribution in [0, 0.1) is 0 Å². The Balaban J connectivity index is 0.00000132. The molecular formula is C23H31N5OS2. The van der Waals surface area contributed by atoms with E-state index in [1.54, 1.807) is 49.7 Å². The van der Waals surface area contributed by atoms with Gasteiger partial charge in [0.05, 0.1) is 15.6 Å². The number of nitrogens with zero attached hydrogens (tertiary/aromatic N) is 3. The molecule has 0 unspecified atom stereocenters. The smallest absolute Gasteiger partial charge is 0.132 e. The first-order valence-electron chi connectivity index (χ1n) is 10.6. The van der Waals surface area contributed by atoms with Crippen LogP contribution in [-0.2, 0) is 4.74 Å². The number of rotatable bonds is 8. The molecule has 0 bridgehead atoms. The highest BCUT2D eigenvalue weighted by molar-refractivity contribution is 8.01. The maximum absolute atomic E-state index is 6.56. The van der Waals surface area contributed by atoms with Gasteiger partial charge in [0.25, 0.3) is 0 Å². The van der Waals surface area contributed by atoms with E-state index in [1.165, 1.54) is 18.4 Å². The number of hydrogen-bond donors (Lipinski definition) is 2. The van der Waals surface area contributed by atoms with Gasteiger partial charge in [0.15, 0.2) is 0 Å². The van der Waals surface area contributed by atoms with Gasteiger partial charge in [-0.25, -0.2) is 9.97 Å². The van der Waals surface area contributed by atoms with Crippen molar-refractivity contribution in [3.8, 4) is 11.3 Å². The van der Waals surface area contributed by atoms with Gasteiger partial charge in [-0.15, -0.1) is 23.1 Å². The average molecular weight is 458 g/mol. The predicted molar refractivity (Wildman–Crippen MR) is 136 cm³/mol. The second-order valence-electron chi connectivity index (χ2n) is 7.13. The number of methoxy groups -OCH3 is 1. The van der Waals surface area contributed by atoms with Gasteiger partial charge in [0.2, 0.25) is 0 Å². The van der Waals surface area contributed by atoms with Gasteiger partial charge in [-0.1, -0.05) is 13.8 Å². The van der Waals surface area contributed by atoms with Crippen molar-refractivity contribution < 1.29 is 4.74 Å². The third-order valence-corrected chi connectivity index (χ3v) is 7.42. The molecule has 4 N–H and O–H groups in total. The number of thioether (sulfide) groups is 1. The number of aliphatic imine (C=N–C) groups is 1. The van der Waals surface area contributed by atoms with Crippen LogP contribution >= 0.6 is 23.1 Å². The van der Waals surface area contributed by atoms with Crippen LogP contribution < -0.4 is 11.5 Å². The summed E-state index contributed by atoms with van der Waals surface area (Å²) in [6.45, 7) is 4.76. The minimum Gasteiger partial charge on any atom is -0.397 e. The lowest BCUT2D eigenvalue weighted by Gasteiger charge is -2.08. The first-order chi connectivity index (χ1) is 15.1. The monoisotopic (exact) mass is 457 g/mol. The number of fused-ring (bicyclic) bond motifs is 1. The molecule has 0 aromatic carbocycles. The van der Waals surface area contributed by atoms with Gasteiger partial charge in [0.1, 0.15) is 10.6 Å². The molecule has 0 radical (unpaired) electrons. The van der Waals surface area contributed by atoms with Crippen molar-refractivity contribution in [2.75, 3.05) is 38.0 Å². The molecular weight excluding hydrogens is 426 g/mol. The third-order valence-electron chi connectivity index (χ3n) is 4.95. The number of ether oxygens (including phenoxy) is 1. The molecule has 1 fully saturated rings. The summed E-state index contributed by atoms with van der Waals surface area (Å²) in [7, 11) is 3.46. The first kappa shape index (κ1) is 23.5. The minimum atomic E-state index is 0.470.